The normalized spacial score (nSPS) is 10.6. The highest BCUT2D eigenvalue weighted by Gasteiger charge is 2.06. The van der Waals surface area contributed by atoms with Gasteiger partial charge in [0.2, 0.25) is 0 Å². The number of hydrogen-bond donors (Lipinski definition) is 1. The Morgan fingerprint density at radius 1 is 1.11 bits per heavy atom. The Hall–Kier alpha value is -1.31. The van der Waals surface area contributed by atoms with Crippen molar-refractivity contribution >= 4 is 5.97 Å². The van der Waals surface area contributed by atoms with E-state index in [-0.39, 0.29) is 0 Å². The van der Waals surface area contributed by atoms with Gasteiger partial charge in [-0.15, -0.1) is 0 Å². The van der Waals surface area contributed by atoms with Crippen LogP contribution in [0.5, 0.6) is 0 Å². The fraction of sp³-hybridized carbons (Fsp3) is 0.562. The van der Waals surface area contributed by atoms with Crippen LogP contribution in [-0.4, -0.2) is 11.1 Å². The van der Waals surface area contributed by atoms with Gasteiger partial charge < -0.3 is 5.11 Å². The van der Waals surface area contributed by atoms with Crippen LogP contribution >= 0.6 is 0 Å². The number of carbonyl (C=O) groups is 1. The zero-order valence-electron chi connectivity index (χ0n) is 11.5. The van der Waals surface area contributed by atoms with Crippen molar-refractivity contribution < 1.29 is 9.90 Å². The molecule has 0 aliphatic carbocycles. The smallest absolute Gasteiger partial charge is 0.335 e. The maximum absolute atomic E-state index is 10.9. The molecule has 0 unspecified atom stereocenters. The third-order valence-electron chi connectivity index (χ3n) is 3.34. The average molecular weight is 248 g/mol. The minimum absolute atomic E-state index is 0.418. The van der Waals surface area contributed by atoms with E-state index in [0.717, 1.165) is 12.0 Å². The van der Waals surface area contributed by atoms with Crippen LogP contribution in [0.3, 0.4) is 0 Å². The maximum Gasteiger partial charge on any atom is 0.335 e. The van der Waals surface area contributed by atoms with Crippen molar-refractivity contribution in [2.45, 2.75) is 58.8 Å². The SMILES string of the molecule is CCCCCCCCc1ccc(C(=O)O)c(C)c1. The summed E-state index contributed by atoms with van der Waals surface area (Å²) in [5.74, 6) is -0.835. The van der Waals surface area contributed by atoms with Crippen molar-refractivity contribution in [3.63, 3.8) is 0 Å². The van der Waals surface area contributed by atoms with Crippen LogP contribution in [0, 0.1) is 6.92 Å². The summed E-state index contributed by atoms with van der Waals surface area (Å²) in [4.78, 5) is 10.9. The molecule has 0 aromatic heterocycles. The number of aromatic carboxylic acids is 1. The summed E-state index contributed by atoms with van der Waals surface area (Å²) in [6, 6.07) is 5.68. The lowest BCUT2D eigenvalue weighted by Crippen LogP contribution is -2.00. The van der Waals surface area contributed by atoms with E-state index in [4.69, 9.17) is 5.11 Å². The highest BCUT2D eigenvalue weighted by atomic mass is 16.4. The number of rotatable bonds is 8. The fourth-order valence-corrected chi connectivity index (χ4v) is 2.23. The van der Waals surface area contributed by atoms with Gasteiger partial charge in [0.15, 0.2) is 0 Å². The second-order valence-electron chi connectivity index (χ2n) is 4.97. The molecule has 0 saturated heterocycles. The molecule has 0 heterocycles. The minimum Gasteiger partial charge on any atom is -0.478 e. The third kappa shape index (κ3) is 4.91. The van der Waals surface area contributed by atoms with E-state index in [9.17, 15) is 4.79 Å². The highest BCUT2D eigenvalue weighted by Crippen LogP contribution is 2.14. The topological polar surface area (TPSA) is 37.3 Å². The van der Waals surface area contributed by atoms with E-state index in [1.165, 1.54) is 44.1 Å². The number of aryl methyl sites for hydroxylation is 2. The molecule has 0 aliphatic rings. The Morgan fingerprint density at radius 3 is 2.39 bits per heavy atom. The first-order valence-electron chi connectivity index (χ1n) is 6.98. The van der Waals surface area contributed by atoms with E-state index in [1.54, 1.807) is 6.07 Å². The van der Waals surface area contributed by atoms with E-state index in [0.29, 0.717) is 5.56 Å². The van der Waals surface area contributed by atoms with Gasteiger partial charge in [0.25, 0.3) is 0 Å². The highest BCUT2D eigenvalue weighted by molar-refractivity contribution is 5.89. The lowest BCUT2D eigenvalue weighted by atomic mass is 10.0. The number of carboxylic acids is 1. The predicted molar refractivity (Wildman–Crippen MR) is 75.2 cm³/mol. The van der Waals surface area contributed by atoms with Crippen LogP contribution < -0.4 is 0 Å². The first kappa shape index (κ1) is 14.7. The Bertz CT molecular complexity index is 383. The molecule has 1 aromatic rings. The van der Waals surface area contributed by atoms with Crippen LogP contribution in [0.25, 0.3) is 0 Å². The van der Waals surface area contributed by atoms with Gasteiger partial charge in [0.05, 0.1) is 5.56 Å². The Morgan fingerprint density at radius 2 is 1.78 bits per heavy atom. The average Bonchev–Trinajstić information content (AvgIpc) is 2.33. The molecule has 0 saturated carbocycles. The molecular formula is C16H24O2. The van der Waals surface area contributed by atoms with Crippen LogP contribution in [0.4, 0.5) is 0 Å². The summed E-state index contributed by atoms with van der Waals surface area (Å²) in [5.41, 5.74) is 2.54. The summed E-state index contributed by atoms with van der Waals surface area (Å²) in [6.07, 6.45) is 8.83. The van der Waals surface area contributed by atoms with Gasteiger partial charge in [-0.1, -0.05) is 51.2 Å². The zero-order valence-corrected chi connectivity index (χ0v) is 11.5. The monoisotopic (exact) mass is 248 g/mol. The molecule has 0 amide bonds. The van der Waals surface area contributed by atoms with E-state index in [2.05, 4.69) is 6.92 Å². The number of benzene rings is 1. The number of unbranched alkanes of at least 4 members (excludes halogenated alkanes) is 5. The summed E-state index contributed by atoms with van der Waals surface area (Å²) < 4.78 is 0. The predicted octanol–water partition coefficient (Wildman–Crippen LogP) is 4.60. The molecule has 1 aromatic carbocycles. The standard InChI is InChI=1S/C16H24O2/c1-3-4-5-6-7-8-9-14-10-11-15(16(17)18)13(2)12-14/h10-12H,3-9H2,1-2H3,(H,17,18). The largest absolute Gasteiger partial charge is 0.478 e. The molecule has 100 valence electrons. The molecule has 18 heavy (non-hydrogen) atoms. The van der Waals surface area contributed by atoms with Gasteiger partial charge in [-0.2, -0.15) is 0 Å². The lowest BCUT2D eigenvalue weighted by molar-refractivity contribution is 0.0696. The van der Waals surface area contributed by atoms with Crippen molar-refractivity contribution in [3.05, 3.63) is 34.9 Å². The van der Waals surface area contributed by atoms with Gasteiger partial charge in [0.1, 0.15) is 0 Å². The minimum atomic E-state index is -0.835. The summed E-state index contributed by atoms with van der Waals surface area (Å²) in [6.45, 7) is 4.10. The molecule has 0 atom stereocenters. The van der Waals surface area contributed by atoms with Crippen molar-refractivity contribution in [1.82, 2.24) is 0 Å². The van der Waals surface area contributed by atoms with E-state index >= 15 is 0 Å². The molecule has 1 rings (SSSR count). The van der Waals surface area contributed by atoms with Gasteiger partial charge in [-0.25, -0.2) is 4.79 Å². The second-order valence-corrected chi connectivity index (χ2v) is 4.97. The number of hydrogen-bond acceptors (Lipinski definition) is 1. The first-order valence-corrected chi connectivity index (χ1v) is 6.98. The van der Waals surface area contributed by atoms with Crippen molar-refractivity contribution in [1.29, 1.82) is 0 Å². The van der Waals surface area contributed by atoms with Crippen LogP contribution in [0.2, 0.25) is 0 Å². The molecular weight excluding hydrogens is 224 g/mol. The Balaban J connectivity index is 2.35. The molecule has 0 radical (unpaired) electrons. The maximum atomic E-state index is 10.9. The van der Waals surface area contributed by atoms with E-state index < -0.39 is 5.97 Å². The zero-order chi connectivity index (χ0) is 13.4. The van der Waals surface area contributed by atoms with Crippen LogP contribution in [0.1, 0.15) is 66.9 Å². The van der Waals surface area contributed by atoms with Crippen molar-refractivity contribution in [2.75, 3.05) is 0 Å². The van der Waals surface area contributed by atoms with Gasteiger partial charge in [0, 0.05) is 0 Å². The van der Waals surface area contributed by atoms with Gasteiger partial charge >= 0.3 is 5.97 Å². The van der Waals surface area contributed by atoms with Crippen molar-refractivity contribution in [3.8, 4) is 0 Å². The first-order chi connectivity index (χ1) is 8.65. The molecule has 2 nitrogen and oxygen atoms in total. The molecule has 1 N–H and O–H groups in total. The van der Waals surface area contributed by atoms with Gasteiger partial charge in [-0.05, 0) is 37.0 Å². The number of carboxylic acid groups (broad SMARTS) is 1. The van der Waals surface area contributed by atoms with Crippen LogP contribution in [0.15, 0.2) is 18.2 Å². The molecule has 2 heteroatoms. The molecule has 0 aliphatic heterocycles. The molecule has 0 spiro atoms. The Labute approximate surface area is 110 Å². The molecule has 0 fully saturated rings. The lowest BCUT2D eigenvalue weighted by Gasteiger charge is -2.05. The van der Waals surface area contributed by atoms with Gasteiger partial charge in [-0.3, -0.25) is 0 Å². The third-order valence-corrected chi connectivity index (χ3v) is 3.34. The van der Waals surface area contributed by atoms with E-state index in [1.807, 2.05) is 19.1 Å². The second kappa shape index (κ2) is 7.91. The summed E-state index contributed by atoms with van der Waals surface area (Å²) in [5, 5.41) is 8.95. The quantitative estimate of drug-likeness (QED) is 0.683. The Kier molecular flexibility index (Phi) is 6.48. The molecule has 0 bridgehead atoms. The van der Waals surface area contributed by atoms with Crippen molar-refractivity contribution in [2.24, 2.45) is 0 Å². The van der Waals surface area contributed by atoms with Crippen LogP contribution in [-0.2, 0) is 6.42 Å². The fourth-order valence-electron chi connectivity index (χ4n) is 2.23. The summed E-state index contributed by atoms with van der Waals surface area (Å²) in [7, 11) is 0. The summed E-state index contributed by atoms with van der Waals surface area (Å²) >= 11 is 0.